The Balaban J connectivity index is 1.75. The molecule has 4 N–H and O–H groups in total. The fourth-order valence-electron chi connectivity index (χ4n) is 3.64. The third-order valence-corrected chi connectivity index (χ3v) is 4.63. The summed E-state index contributed by atoms with van der Waals surface area (Å²) in [6, 6.07) is 6.05. The van der Waals surface area contributed by atoms with Gasteiger partial charge in [-0.3, -0.25) is 10.6 Å². The molecule has 0 aliphatic heterocycles. The molecule has 3 atom stereocenters. The molecule has 2 saturated carbocycles. The SMILES string of the molecule is Cc1ccc(NN)c(C(=O)NC2CC3CCC2C3)c1. The van der Waals surface area contributed by atoms with Crippen LogP contribution in [-0.4, -0.2) is 11.9 Å². The summed E-state index contributed by atoms with van der Waals surface area (Å²) in [6.07, 6.45) is 5.05. The first-order chi connectivity index (χ1) is 9.17. The Kier molecular flexibility index (Phi) is 3.19. The number of nitrogens with one attached hydrogen (secondary N) is 2. The third-order valence-electron chi connectivity index (χ3n) is 4.63. The molecule has 0 heterocycles. The summed E-state index contributed by atoms with van der Waals surface area (Å²) < 4.78 is 0. The van der Waals surface area contributed by atoms with E-state index in [9.17, 15) is 4.79 Å². The average Bonchev–Trinajstić information content (AvgIpc) is 3.01. The van der Waals surface area contributed by atoms with Gasteiger partial charge in [0.25, 0.3) is 5.91 Å². The molecule has 0 radical (unpaired) electrons. The van der Waals surface area contributed by atoms with Crippen LogP contribution in [0.3, 0.4) is 0 Å². The molecule has 1 aromatic carbocycles. The molecule has 2 fully saturated rings. The maximum absolute atomic E-state index is 12.4. The lowest BCUT2D eigenvalue weighted by atomic mass is 9.95. The zero-order chi connectivity index (χ0) is 13.4. The van der Waals surface area contributed by atoms with E-state index in [0.29, 0.717) is 23.2 Å². The van der Waals surface area contributed by atoms with Crippen molar-refractivity contribution in [3.63, 3.8) is 0 Å². The maximum Gasteiger partial charge on any atom is 0.253 e. The van der Waals surface area contributed by atoms with Crippen LogP contribution in [0.1, 0.15) is 41.6 Å². The Hall–Kier alpha value is -1.55. The van der Waals surface area contributed by atoms with Crippen LogP contribution in [0.2, 0.25) is 0 Å². The molecule has 0 aromatic heterocycles. The molecule has 3 rings (SSSR count). The number of carbonyl (C=O) groups excluding carboxylic acids is 1. The molecule has 2 bridgehead atoms. The van der Waals surface area contributed by atoms with Crippen molar-refractivity contribution in [2.75, 3.05) is 5.43 Å². The van der Waals surface area contributed by atoms with Crippen molar-refractivity contribution in [2.45, 2.75) is 38.6 Å². The number of fused-ring (bicyclic) bond motifs is 2. The van der Waals surface area contributed by atoms with Crippen molar-refractivity contribution in [1.29, 1.82) is 0 Å². The monoisotopic (exact) mass is 259 g/mol. The Morgan fingerprint density at radius 3 is 2.79 bits per heavy atom. The minimum Gasteiger partial charge on any atom is -0.349 e. The second-order valence-electron chi connectivity index (χ2n) is 5.95. The molecule has 4 heteroatoms. The van der Waals surface area contributed by atoms with Gasteiger partial charge in [0.2, 0.25) is 0 Å². The minimum atomic E-state index is -0.00537. The van der Waals surface area contributed by atoms with Crippen LogP contribution in [-0.2, 0) is 0 Å². The summed E-state index contributed by atoms with van der Waals surface area (Å²) in [5, 5.41) is 3.19. The fourth-order valence-corrected chi connectivity index (χ4v) is 3.64. The van der Waals surface area contributed by atoms with E-state index in [2.05, 4.69) is 10.7 Å². The second-order valence-corrected chi connectivity index (χ2v) is 5.95. The number of nitrogens with two attached hydrogens (primary N) is 1. The fraction of sp³-hybridized carbons (Fsp3) is 0.533. The first-order valence-electron chi connectivity index (χ1n) is 7.05. The number of carbonyl (C=O) groups is 1. The molecule has 0 saturated heterocycles. The number of amides is 1. The van der Waals surface area contributed by atoms with Crippen LogP contribution in [0.5, 0.6) is 0 Å². The Bertz CT molecular complexity index is 500. The Morgan fingerprint density at radius 1 is 1.32 bits per heavy atom. The lowest BCUT2D eigenvalue weighted by Gasteiger charge is -2.23. The Labute approximate surface area is 113 Å². The summed E-state index contributed by atoms with van der Waals surface area (Å²) in [7, 11) is 0. The summed E-state index contributed by atoms with van der Waals surface area (Å²) in [5.74, 6) is 6.99. The topological polar surface area (TPSA) is 67.1 Å². The predicted molar refractivity (Wildman–Crippen MR) is 75.7 cm³/mol. The molecule has 2 aliphatic rings. The van der Waals surface area contributed by atoms with E-state index in [1.807, 2.05) is 25.1 Å². The number of nitrogen functional groups attached to an aromatic ring is 1. The number of rotatable bonds is 3. The third kappa shape index (κ3) is 2.32. The number of anilines is 1. The number of aryl methyl sites for hydroxylation is 1. The van der Waals surface area contributed by atoms with Gasteiger partial charge in [-0.15, -0.1) is 0 Å². The number of benzene rings is 1. The van der Waals surface area contributed by atoms with Gasteiger partial charge in [-0.25, -0.2) is 0 Å². The van der Waals surface area contributed by atoms with Gasteiger partial charge >= 0.3 is 0 Å². The lowest BCUT2D eigenvalue weighted by molar-refractivity contribution is 0.0923. The summed E-state index contributed by atoms with van der Waals surface area (Å²) >= 11 is 0. The zero-order valence-electron chi connectivity index (χ0n) is 11.3. The summed E-state index contributed by atoms with van der Waals surface area (Å²) in [6.45, 7) is 1.98. The predicted octanol–water partition coefficient (Wildman–Crippen LogP) is 2.20. The number of hydrogen-bond donors (Lipinski definition) is 3. The van der Waals surface area contributed by atoms with Crippen molar-refractivity contribution in [3.05, 3.63) is 29.3 Å². The van der Waals surface area contributed by atoms with E-state index in [4.69, 9.17) is 5.84 Å². The van der Waals surface area contributed by atoms with E-state index < -0.39 is 0 Å². The van der Waals surface area contributed by atoms with Crippen LogP contribution in [0, 0.1) is 18.8 Å². The number of hydrazine groups is 1. The average molecular weight is 259 g/mol. The van der Waals surface area contributed by atoms with Crippen molar-refractivity contribution >= 4 is 11.6 Å². The quantitative estimate of drug-likeness (QED) is 0.576. The largest absolute Gasteiger partial charge is 0.349 e. The highest BCUT2D eigenvalue weighted by molar-refractivity contribution is 6.00. The van der Waals surface area contributed by atoms with Gasteiger partial charge < -0.3 is 10.7 Å². The van der Waals surface area contributed by atoms with Crippen molar-refractivity contribution in [1.82, 2.24) is 5.32 Å². The molecule has 102 valence electrons. The van der Waals surface area contributed by atoms with Gasteiger partial charge in [0, 0.05) is 6.04 Å². The van der Waals surface area contributed by atoms with E-state index in [1.54, 1.807) is 0 Å². The van der Waals surface area contributed by atoms with Gasteiger partial charge in [-0.05, 0) is 50.2 Å². The van der Waals surface area contributed by atoms with Crippen molar-refractivity contribution in [3.8, 4) is 0 Å². The smallest absolute Gasteiger partial charge is 0.253 e. The Morgan fingerprint density at radius 2 is 2.16 bits per heavy atom. The lowest BCUT2D eigenvalue weighted by Crippen LogP contribution is -2.38. The molecule has 4 nitrogen and oxygen atoms in total. The van der Waals surface area contributed by atoms with Gasteiger partial charge in [0.15, 0.2) is 0 Å². The first kappa shape index (κ1) is 12.5. The van der Waals surface area contributed by atoms with Crippen LogP contribution < -0.4 is 16.6 Å². The van der Waals surface area contributed by atoms with Crippen LogP contribution in [0.4, 0.5) is 5.69 Å². The van der Waals surface area contributed by atoms with E-state index >= 15 is 0 Å². The maximum atomic E-state index is 12.4. The number of hydrogen-bond acceptors (Lipinski definition) is 3. The molecule has 0 spiro atoms. The highest BCUT2D eigenvalue weighted by Crippen LogP contribution is 2.44. The zero-order valence-corrected chi connectivity index (χ0v) is 11.3. The van der Waals surface area contributed by atoms with Crippen molar-refractivity contribution < 1.29 is 4.79 Å². The van der Waals surface area contributed by atoms with Gasteiger partial charge in [-0.1, -0.05) is 18.1 Å². The van der Waals surface area contributed by atoms with Gasteiger partial charge in [-0.2, -0.15) is 0 Å². The first-order valence-corrected chi connectivity index (χ1v) is 7.05. The van der Waals surface area contributed by atoms with E-state index in [0.717, 1.165) is 17.9 Å². The van der Waals surface area contributed by atoms with E-state index in [1.165, 1.54) is 19.3 Å². The van der Waals surface area contributed by atoms with Gasteiger partial charge in [0.1, 0.15) is 0 Å². The van der Waals surface area contributed by atoms with Crippen LogP contribution >= 0.6 is 0 Å². The molecule has 19 heavy (non-hydrogen) atoms. The molecule has 1 amide bonds. The molecular weight excluding hydrogens is 238 g/mol. The molecule has 2 aliphatic carbocycles. The van der Waals surface area contributed by atoms with E-state index in [-0.39, 0.29) is 5.91 Å². The van der Waals surface area contributed by atoms with Gasteiger partial charge in [0.05, 0.1) is 11.3 Å². The highest BCUT2D eigenvalue weighted by atomic mass is 16.1. The van der Waals surface area contributed by atoms with Crippen molar-refractivity contribution in [2.24, 2.45) is 17.7 Å². The van der Waals surface area contributed by atoms with Crippen LogP contribution in [0.15, 0.2) is 18.2 Å². The summed E-state index contributed by atoms with van der Waals surface area (Å²) in [5.41, 5.74) is 5.00. The second kappa shape index (κ2) is 4.85. The highest BCUT2D eigenvalue weighted by Gasteiger charge is 2.40. The van der Waals surface area contributed by atoms with Crippen LogP contribution in [0.25, 0.3) is 0 Å². The normalized spacial score (nSPS) is 28.4. The molecular formula is C15H21N3O. The molecule has 1 aromatic rings. The minimum absolute atomic E-state index is 0.00537. The molecule has 3 unspecified atom stereocenters. The standard InChI is InChI=1S/C15H21N3O/c1-9-2-5-13(18-16)12(6-9)15(19)17-14-8-10-3-4-11(14)7-10/h2,5-6,10-11,14,18H,3-4,7-8,16H2,1H3,(H,17,19). The summed E-state index contributed by atoms with van der Waals surface area (Å²) in [4.78, 5) is 12.4.